The Morgan fingerprint density at radius 3 is 2.44 bits per heavy atom. The minimum Gasteiger partial charge on any atom is -0.373 e. The molecule has 1 aliphatic heterocycles. The van der Waals surface area contributed by atoms with Gasteiger partial charge in [-0.3, -0.25) is 9.69 Å². The molecule has 0 aliphatic carbocycles. The Morgan fingerprint density at radius 2 is 1.80 bits per heavy atom. The number of ether oxygens (including phenoxy) is 1. The predicted molar refractivity (Wildman–Crippen MR) is 96.3 cm³/mol. The van der Waals surface area contributed by atoms with Crippen LogP contribution in [0.1, 0.15) is 24.2 Å². The largest absolute Gasteiger partial charge is 0.373 e. The van der Waals surface area contributed by atoms with E-state index in [1.54, 1.807) is 12.4 Å². The molecule has 1 fully saturated rings. The zero-order valence-electron chi connectivity index (χ0n) is 14.7. The highest BCUT2D eigenvalue weighted by Gasteiger charge is 2.21. The second-order valence-electron chi connectivity index (χ2n) is 6.43. The van der Waals surface area contributed by atoms with E-state index in [-0.39, 0.29) is 18.1 Å². The lowest BCUT2D eigenvalue weighted by Crippen LogP contribution is -2.47. The third-order valence-electron chi connectivity index (χ3n) is 4.15. The van der Waals surface area contributed by atoms with E-state index in [9.17, 15) is 4.79 Å². The third kappa shape index (κ3) is 4.84. The number of rotatable bonds is 5. The fraction of sp³-hybridized carbons (Fsp3) is 0.421. The summed E-state index contributed by atoms with van der Waals surface area (Å²) < 4.78 is 5.72. The summed E-state index contributed by atoms with van der Waals surface area (Å²) in [5.74, 6) is 0.474. The number of amides is 1. The van der Waals surface area contributed by atoms with Crippen LogP contribution in [0.15, 0.2) is 42.7 Å². The van der Waals surface area contributed by atoms with Gasteiger partial charge in [0.1, 0.15) is 0 Å². The minimum absolute atomic E-state index is 0.144. The molecule has 0 unspecified atom stereocenters. The van der Waals surface area contributed by atoms with Crippen molar-refractivity contribution in [2.75, 3.05) is 26.2 Å². The second-order valence-corrected chi connectivity index (χ2v) is 6.43. The van der Waals surface area contributed by atoms with Crippen molar-refractivity contribution in [3.8, 4) is 11.4 Å². The Bertz CT molecular complexity index is 680. The smallest absolute Gasteiger partial charge is 0.254 e. The summed E-state index contributed by atoms with van der Waals surface area (Å²) in [4.78, 5) is 23.1. The molecular weight excluding hydrogens is 316 g/mol. The molecule has 2 atom stereocenters. The molecule has 1 amide bonds. The summed E-state index contributed by atoms with van der Waals surface area (Å²) >= 11 is 0. The normalized spacial score (nSPS) is 21.0. The molecule has 1 N–H and O–H groups in total. The lowest BCUT2D eigenvalue weighted by Gasteiger charge is -2.35. The highest BCUT2D eigenvalue weighted by Crippen LogP contribution is 2.13. The molecule has 2 heterocycles. The zero-order chi connectivity index (χ0) is 17.6. The molecule has 3 rings (SSSR count). The fourth-order valence-electron chi connectivity index (χ4n) is 3.08. The van der Waals surface area contributed by atoms with Gasteiger partial charge in [0.15, 0.2) is 5.82 Å². The van der Waals surface area contributed by atoms with E-state index in [2.05, 4.69) is 34.0 Å². The quantitative estimate of drug-likeness (QED) is 0.901. The van der Waals surface area contributed by atoms with Crippen LogP contribution in [0.25, 0.3) is 11.4 Å². The fourth-order valence-corrected chi connectivity index (χ4v) is 3.08. The van der Waals surface area contributed by atoms with Gasteiger partial charge in [-0.05, 0) is 13.8 Å². The second kappa shape index (κ2) is 8.18. The van der Waals surface area contributed by atoms with E-state index in [1.807, 2.05) is 30.3 Å². The first-order valence-electron chi connectivity index (χ1n) is 8.65. The topological polar surface area (TPSA) is 67.4 Å². The lowest BCUT2D eigenvalue weighted by molar-refractivity contribution is -0.0672. The maximum atomic E-state index is 12.2. The van der Waals surface area contributed by atoms with Crippen molar-refractivity contribution in [2.45, 2.75) is 26.1 Å². The van der Waals surface area contributed by atoms with Crippen LogP contribution in [-0.2, 0) is 4.74 Å². The van der Waals surface area contributed by atoms with Crippen LogP contribution < -0.4 is 5.32 Å². The van der Waals surface area contributed by atoms with Crippen molar-refractivity contribution < 1.29 is 9.53 Å². The molecule has 1 aromatic carbocycles. The lowest BCUT2D eigenvalue weighted by atomic mass is 10.2. The standard InChI is InChI=1S/C19H24N4O2/c1-14-12-23(13-15(2)25-14)9-8-20-19(24)17-10-21-18(22-11-17)16-6-4-3-5-7-16/h3-7,10-11,14-15H,8-9,12-13H2,1-2H3,(H,20,24)/t14-,15-/m0/s1. The molecule has 6 heteroatoms. The van der Waals surface area contributed by atoms with Gasteiger partial charge in [-0.15, -0.1) is 0 Å². The van der Waals surface area contributed by atoms with Crippen LogP contribution in [0.4, 0.5) is 0 Å². The van der Waals surface area contributed by atoms with Gasteiger partial charge in [0.2, 0.25) is 0 Å². The Balaban J connectivity index is 1.50. The van der Waals surface area contributed by atoms with E-state index >= 15 is 0 Å². The number of nitrogens with one attached hydrogen (secondary N) is 1. The Kier molecular flexibility index (Phi) is 5.73. The average molecular weight is 340 g/mol. The van der Waals surface area contributed by atoms with E-state index in [1.165, 1.54) is 0 Å². The van der Waals surface area contributed by atoms with E-state index in [0.717, 1.165) is 25.2 Å². The molecule has 1 aliphatic rings. The summed E-state index contributed by atoms with van der Waals surface area (Å²) in [7, 11) is 0. The van der Waals surface area contributed by atoms with Gasteiger partial charge < -0.3 is 10.1 Å². The average Bonchev–Trinajstić information content (AvgIpc) is 2.62. The first-order chi connectivity index (χ1) is 12.1. The molecule has 0 radical (unpaired) electrons. The van der Waals surface area contributed by atoms with Crippen LogP contribution in [-0.4, -0.2) is 59.2 Å². The molecule has 0 spiro atoms. The SMILES string of the molecule is C[C@H]1CN(CCNC(=O)c2cnc(-c3ccccc3)nc2)C[C@H](C)O1. The van der Waals surface area contributed by atoms with Gasteiger partial charge in [0, 0.05) is 44.1 Å². The van der Waals surface area contributed by atoms with Gasteiger partial charge in [-0.25, -0.2) is 9.97 Å². The zero-order valence-corrected chi connectivity index (χ0v) is 14.7. The summed E-state index contributed by atoms with van der Waals surface area (Å²) in [5, 5.41) is 2.93. The third-order valence-corrected chi connectivity index (χ3v) is 4.15. The van der Waals surface area contributed by atoms with E-state index in [0.29, 0.717) is 17.9 Å². The maximum Gasteiger partial charge on any atom is 0.254 e. The highest BCUT2D eigenvalue weighted by atomic mass is 16.5. The number of morpholine rings is 1. The van der Waals surface area contributed by atoms with Crippen molar-refractivity contribution >= 4 is 5.91 Å². The Labute approximate surface area is 148 Å². The van der Waals surface area contributed by atoms with Gasteiger partial charge in [-0.1, -0.05) is 30.3 Å². The molecule has 1 aromatic heterocycles. The number of hydrogen-bond donors (Lipinski definition) is 1. The molecular formula is C19H24N4O2. The van der Waals surface area contributed by atoms with Gasteiger partial charge >= 0.3 is 0 Å². The van der Waals surface area contributed by atoms with Gasteiger partial charge in [-0.2, -0.15) is 0 Å². The van der Waals surface area contributed by atoms with Crippen LogP contribution in [0.2, 0.25) is 0 Å². The predicted octanol–water partition coefficient (Wildman–Crippen LogP) is 1.98. The number of carbonyl (C=O) groups is 1. The number of aromatic nitrogens is 2. The summed E-state index contributed by atoms with van der Waals surface area (Å²) in [6, 6.07) is 9.71. The molecule has 2 aromatic rings. The molecule has 0 bridgehead atoms. The van der Waals surface area contributed by atoms with Crippen LogP contribution in [0, 0.1) is 0 Å². The number of benzene rings is 1. The van der Waals surface area contributed by atoms with Crippen molar-refractivity contribution in [3.63, 3.8) is 0 Å². The molecule has 132 valence electrons. The van der Waals surface area contributed by atoms with Gasteiger partial charge in [0.25, 0.3) is 5.91 Å². The number of nitrogens with zero attached hydrogens (tertiary/aromatic N) is 3. The highest BCUT2D eigenvalue weighted by molar-refractivity contribution is 5.93. The van der Waals surface area contributed by atoms with Crippen molar-refractivity contribution in [1.29, 1.82) is 0 Å². The summed E-state index contributed by atoms with van der Waals surface area (Å²) in [5.41, 5.74) is 1.41. The van der Waals surface area contributed by atoms with E-state index in [4.69, 9.17) is 4.74 Å². The summed E-state index contributed by atoms with van der Waals surface area (Å²) in [6.07, 6.45) is 3.62. The molecule has 0 saturated carbocycles. The van der Waals surface area contributed by atoms with Crippen LogP contribution in [0.3, 0.4) is 0 Å². The van der Waals surface area contributed by atoms with Crippen LogP contribution in [0.5, 0.6) is 0 Å². The maximum absolute atomic E-state index is 12.2. The van der Waals surface area contributed by atoms with Crippen molar-refractivity contribution in [3.05, 3.63) is 48.3 Å². The molecule has 25 heavy (non-hydrogen) atoms. The number of carbonyl (C=O) groups excluding carboxylic acids is 1. The van der Waals surface area contributed by atoms with E-state index < -0.39 is 0 Å². The van der Waals surface area contributed by atoms with Crippen molar-refractivity contribution in [2.24, 2.45) is 0 Å². The van der Waals surface area contributed by atoms with Crippen molar-refractivity contribution in [1.82, 2.24) is 20.2 Å². The number of hydrogen-bond acceptors (Lipinski definition) is 5. The Hall–Kier alpha value is -2.31. The molecule has 6 nitrogen and oxygen atoms in total. The Morgan fingerprint density at radius 1 is 1.16 bits per heavy atom. The summed E-state index contributed by atoms with van der Waals surface area (Å²) in [6.45, 7) is 7.36. The first-order valence-corrected chi connectivity index (χ1v) is 8.65. The van der Waals surface area contributed by atoms with Crippen LogP contribution >= 0.6 is 0 Å². The molecule has 1 saturated heterocycles. The van der Waals surface area contributed by atoms with Gasteiger partial charge in [0.05, 0.1) is 17.8 Å². The monoisotopic (exact) mass is 340 g/mol. The first kappa shape index (κ1) is 17.5. The minimum atomic E-state index is -0.144.